The van der Waals surface area contributed by atoms with Gasteiger partial charge in [-0.05, 0) is 32.2 Å². The molecule has 1 aliphatic heterocycles. The van der Waals surface area contributed by atoms with Gasteiger partial charge in [-0.15, -0.1) is 5.10 Å². The highest BCUT2D eigenvalue weighted by Gasteiger charge is 2.28. The molecule has 0 radical (unpaired) electrons. The molecule has 2 aliphatic rings. The summed E-state index contributed by atoms with van der Waals surface area (Å²) in [5, 5.41) is 13.0. The minimum absolute atomic E-state index is 0.165. The second kappa shape index (κ2) is 4.44. The van der Waals surface area contributed by atoms with Crippen molar-refractivity contribution in [2.75, 3.05) is 13.1 Å². The van der Waals surface area contributed by atoms with Crippen LogP contribution in [0.5, 0.6) is 0 Å². The molecule has 92 valence electrons. The average molecular weight is 235 g/mol. The van der Waals surface area contributed by atoms with Crippen molar-refractivity contribution in [2.24, 2.45) is 0 Å². The summed E-state index contributed by atoms with van der Waals surface area (Å²) < 4.78 is 0. The fraction of sp³-hybridized carbons (Fsp3) is 0.727. The lowest BCUT2D eigenvalue weighted by molar-refractivity contribution is 0.0920. The molecule has 1 aromatic rings. The van der Waals surface area contributed by atoms with Crippen molar-refractivity contribution >= 4 is 5.91 Å². The van der Waals surface area contributed by atoms with Crippen molar-refractivity contribution in [3.8, 4) is 0 Å². The molecular formula is C11H17N5O. The molecule has 1 aromatic heterocycles. The molecule has 1 atom stereocenters. The number of rotatable bonds is 3. The summed E-state index contributed by atoms with van der Waals surface area (Å²) >= 11 is 0. The van der Waals surface area contributed by atoms with E-state index in [-0.39, 0.29) is 17.8 Å². The van der Waals surface area contributed by atoms with Gasteiger partial charge in [0.25, 0.3) is 5.91 Å². The highest BCUT2D eigenvalue weighted by Crippen LogP contribution is 2.37. The largest absolute Gasteiger partial charge is 0.345 e. The minimum Gasteiger partial charge on any atom is -0.345 e. The number of piperidine rings is 1. The number of carbonyl (C=O) groups excluding carboxylic acids is 1. The number of nitrogens with zero attached hydrogens (tertiary/aromatic N) is 2. The SMILES string of the molecule is O=C(N[C@H]1CCCNC1)c1n[nH]c(C2CC2)n1. The van der Waals surface area contributed by atoms with Crippen LogP contribution in [0.15, 0.2) is 0 Å². The van der Waals surface area contributed by atoms with Gasteiger partial charge in [-0.25, -0.2) is 4.98 Å². The van der Waals surface area contributed by atoms with Crippen LogP contribution in [0, 0.1) is 0 Å². The third kappa shape index (κ3) is 2.46. The van der Waals surface area contributed by atoms with E-state index in [1.54, 1.807) is 0 Å². The first-order valence-electron chi connectivity index (χ1n) is 6.27. The number of hydrogen-bond acceptors (Lipinski definition) is 4. The van der Waals surface area contributed by atoms with E-state index in [9.17, 15) is 4.79 Å². The first-order chi connectivity index (χ1) is 8.33. The van der Waals surface area contributed by atoms with E-state index in [0.717, 1.165) is 44.6 Å². The van der Waals surface area contributed by atoms with Crippen LogP contribution in [0.25, 0.3) is 0 Å². The lowest BCUT2D eigenvalue weighted by Gasteiger charge is -2.23. The molecule has 1 saturated heterocycles. The maximum Gasteiger partial charge on any atom is 0.291 e. The smallest absolute Gasteiger partial charge is 0.291 e. The first-order valence-corrected chi connectivity index (χ1v) is 6.27. The van der Waals surface area contributed by atoms with E-state index in [1.165, 1.54) is 0 Å². The Kier molecular flexibility index (Phi) is 2.80. The summed E-state index contributed by atoms with van der Waals surface area (Å²) in [6, 6.07) is 0.208. The van der Waals surface area contributed by atoms with Gasteiger partial charge < -0.3 is 10.6 Å². The maximum atomic E-state index is 11.9. The van der Waals surface area contributed by atoms with Crippen LogP contribution < -0.4 is 10.6 Å². The van der Waals surface area contributed by atoms with Gasteiger partial charge in [-0.1, -0.05) is 0 Å². The normalized spacial score (nSPS) is 24.6. The molecule has 17 heavy (non-hydrogen) atoms. The number of H-pyrrole nitrogens is 1. The molecule has 1 saturated carbocycles. The lowest BCUT2D eigenvalue weighted by atomic mass is 10.1. The average Bonchev–Trinajstić information content (AvgIpc) is 3.08. The molecule has 0 unspecified atom stereocenters. The number of aromatic amines is 1. The quantitative estimate of drug-likeness (QED) is 0.697. The summed E-state index contributed by atoms with van der Waals surface area (Å²) in [5.74, 6) is 1.47. The van der Waals surface area contributed by atoms with Crippen molar-refractivity contribution in [3.05, 3.63) is 11.6 Å². The van der Waals surface area contributed by atoms with E-state index in [1.807, 2.05) is 0 Å². The zero-order valence-electron chi connectivity index (χ0n) is 9.70. The molecular weight excluding hydrogens is 218 g/mol. The molecule has 0 spiro atoms. The minimum atomic E-state index is -0.165. The number of amides is 1. The molecule has 2 fully saturated rings. The molecule has 3 rings (SSSR count). The fourth-order valence-corrected chi connectivity index (χ4v) is 2.14. The fourth-order valence-electron chi connectivity index (χ4n) is 2.14. The number of carbonyl (C=O) groups is 1. The molecule has 1 aliphatic carbocycles. The van der Waals surface area contributed by atoms with Crippen molar-refractivity contribution in [2.45, 2.75) is 37.6 Å². The van der Waals surface area contributed by atoms with Gasteiger partial charge in [0.05, 0.1) is 0 Å². The van der Waals surface area contributed by atoms with Gasteiger partial charge in [-0.2, -0.15) is 0 Å². The Balaban J connectivity index is 1.59. The third-order valence-corrected chi connectivity index (χ3v) is 3.30. The molecule has 0 aromatic carbocycles. The number of aromatic nitrogens is 3. The van der Waals surface area contributed by atoms with Gasteiger partial charge in [0.1, 0.15) is 5.82 Å². The monoisotopic (exact) mass is 235 g/mol. The van der Waals surface area contributed by atoms with Crippen molar-refractivity contribution < 1.29 is 4.79 Å². The van der Waals surface area contributed by atoms with E-state index in [0.29, 0.717) is 5.92 Å². The lowest BCUT2D eigenvalue weighted by Crippen LogP contribution is -2.45. The van der Waals surface area contributed by atoms with Crippen molar-refractivity contribution in [1.29, 1.82) is 0 Å². The predicted molar refractivity (Wildman–Crippen MR) is 61.7 cm³/mol. The second-order valence-corrected chi connectivity index (χ2v) is 4.84. The van der Waals surface area contributed by atoms with Gasteiger partial charge in [0, 0.05) is 18.5 Å². The highest BCUT2D eigenvalue weighted by atomic mass is 16.2. The van der Waals surface area contributed by atoms with Crippen LogP contribution >= 0.6 is 0 Å². The summed E-state index contributed by atoms with van der Waals surface area (Å²) in [4.78, 5) is 16.1. The topological polar surface area (TPSA) is 82.7 Å². The standard InChI is InChI=1S/C11H17N5O/c17-11(13-8-2-1-5-12-6-8)10-14-9(15-16-10)7-3-4-7/h7-8,12H,1-6H2,(H,13,17)(H,14,15,16)/t8-/m0/s1. The zero-order valence-corrected chi connectivity index (χ0v) is 9.70. The summed E-state index contributed by atoms with van der Waals surface area (Å²) in [6.45, 7) is 1.88. The van der Waals surface area contributed by atoms with E-state index >= 15 is 0 Å². The molecule has 6 nitrogen and oxygen atoms in total. The van der Waals surface area contributed by atoms with Crippen molar-refractivity contribution in [3.63, 3.8) is 0 Å². The van der Waals surface area contributed by atoms with Crippen LogP contribution in [-0.4, -0.2) is 40.2 Å². The van der Waals surface area contributed by atoms with Crippen LogP contribution in [0.2, 0.25) is 0 Å². The summed E-state index contributed by atoms with van der Waals surface area (Å²) in [6.07, 6.45) is 4.44. The van der Waals surface area contributed by atoms with Crippen LogP contribution in [0.1, 0.15) is 48.0 Å². The van der Waals surface area contributed by atoms with Gasteiger partial charge in [0.2, 0.25) is 5.82 Å². The molecule has 3 N–H and O–H groups in total. The van der Waals surface area contributed by atoms with Crippen molar-refractivity contribution in [1.82, 2.24) is 25.8 Å². The first kappa shape index (κ1) is 10.7. The Morgan fingerprint density at radius 2 is 2.24 bits per heavy atom. The van der Waals surface area contributed by atoms with E-state index in [2.05, 4.69) is 25.8 Å². The van der Waals surface area contributed by atoms with Gasteiger partial charge in [0.15, 0.2) is 0 Å². The Hall–Kier alpha value is -1.43. The zero-order chi connectivity index (χ0) is 11.7. The Labute approximate surface area is 99.6 Å². The Bertz CT molecular complexity index is 406. The number of hydrogen-bond donors (Lipinski definition) is 3. The van der Waals surface area contributed by atoms with Gasteiger partial charge >= 0.3 is 0 Å². The molecule has 2 heterocycles. The predicted octanol–water partition coefficient (Wildman–Crippen LogP) is 0.164. The molecule has 0 bridgehead atoms. The molecule has 1 amide bonds. The summed E-state index contributed by atoms with van der Waals surface area (Å²) in [5.41, 5.74) is 0. The van der Waals surface area contributed by atoms with E-state index in [4.69, 9.17) is 0 Å². The van der Waals surface area contributed by atoms with Crippen LogP contribution in [0.3, 0.4) is 0 Å². The van der Waals surface area contributed by atoms with E-state index < -0.39 is 0 Å². The van der Waals surface area contributed by atoms with Crippen LogP contribution in [0.4, 0.5) is 0 Å². The van der Waals surface area contributed by atoms with Crippen LogP contribution in [-0.2, 0) is 0 Å². The maximum absolute atomic E-state index is 11.9. The third-order valence-electron chi connectivity index (χ3n) is 3.30. The highest BCUT2D eigenvalue weighted by molar-refractivity contribution is 5.90. The number of nitrogens with one attached hydrogen (secondary N) is 3. The molecule has 6 heteroatoms. The summed E-state index contributed by atoms with van der Waals surface area (Å²) in [7, 11) is 0. The second-order valence-electron chi connectivity index (χ2n) is 4.84. The Morgan fingerprint density at radius 3 is 2.94 bits per heavy atom. The Morgan fingerprint density at radius 1 is 1.35 bits per heavy atom. The van der Waals surface area contributed by atoms with Gasteiger partial charge in [-0.3, -0.25) is 9.89 Å².